The summed E-state index contributed by atoms with van der Waals surface area (Å²) >= 11 is 0. The van der Waals surface area contributed by atoms with Crippen molar-refractivity contribution < 1.29 is 0 Å². The van der Waals surface area contributed by atoms with Crippen molar-refractivity contribution in [2.75, 3.05) is 0 Å². The van der Waals surface area contributed by atoms with Gasteiger partial charge in [-0.25, -0.2) is 5.10 Å². The fourth-order valence-corrected chi connectivity index (χ4v) is 0.312. The van der Waals surface area contributed by atoms with Gasteiger partial charge < -0.3 is 0 Å². The molecule has 1 heterocycles. The van der Waals surface area contributed by atoms with E-state index in [1.165, 1.54) is 12.3 Å². The summed E-state index contributed by atoms with van der Waals surface area (Å²) in [4.78, 5) is 10.2. The molecule has 8 heavy (non-hydrogen) atoms. The Labute approximate surface area is 52.2 Å². The van der Waals surface area contributed by atoms with E-state index in [1.54, 1.807) is 6.07 Å². The highest BCUT2D eigenvalue weighted by Gasteiger charge is 1.70. The predicted octanol–water partition coefficient (Wildman–Crippen LogP) is 0.192. The number of hydrogen-bond donors (Lipinski definition) is 1. The van der Waals surface area contributed by atoms with Crippen molar-refractivity contribution in [1.82, 2.24) is 10.2 Å². The fraction of sp³-hybridized carbons (Fsp3) is 0. The zero-order valence-electron chi connectivity index (χ0n) is 4.00. The zero-order chi connectivity index (χ0) is 5.11. The molecule has 0 saturated heterocycles. The standard InChI is InChI=1S/C4H4N2O.ClH/c7-4-2-1-3-5-6-4;/h1-3H,(H,6,7);1H. The monoisotopic (exact) mass is 132 g/mol. The lowest BCUT2D eigenvalue weighted by Gasteiger charge is -1.72. The van der Waals surface area contributed by atoms with E-state index in [4.69, 9.17) is 0 Å². The molecule has 1 N–H and O–H groups in total. The number of H-pyrrole nitrogens is 1. The second-order valence-corrected chi connectivity index (χ2v) is 1.11. The van der Waals surface area contributed by atoms with Crippen molar-refractivity contribution in [3.63, 3.8) is 0 Å². The molecule has 0 fully saturated rings. The minimum atomic E-state index is -0.164. The fourth-order valence-electron chi connectivity index (χ4n) is 0.312. The van der Waals surface area contributed by atoms with E-state index in [2.05, 4.69) is 10.2 Å². The lowest BCUT2D eigenvalue weighted by Crippen LogP contribution is -2.02. The van der Waals surface area contributed by atoms with Gasteiger partial charge >= 0.3 is 0 Å². The molecule has 0 aliphatic carbocycles. The van der Waals surface area contributed by atoms with Crippen LogP contribution in [0.2, 0.25) is 0 Å². The Kier molecular flexibility index (Phi) is 2.88. The average Bonchev–Trinajstić information content (AvgIpc) is 1.69. The van der Waals surface area contributed by atoms with Gasteiger partial charge in [0, 0.05) is 12.3 Å². The number of nitrogens with zero attached hydrogens (tertiary/aromatic N) is 1. The first-order chi connectivity index (χ1) is 3.39. The first kappa shape index (κ1) is 7.17. The van der Waals surface area contributed by atoms with Crippen LogP contribution in [0.25, 0.3) is 0 Å². The van der Waals surface area contributed by atoms with E-state index < -0.39 is 0 Å². The second kappa shape index (κ2) is 3.21. The van der Waals surface area contributed by atoms with Crippen molar-refractivity contribution >= 4 is 12.4 Å². The van der Waals surface area contributed by atoms with Gasteiger partial charge in [-0.15, -0.1) is 12.4 Å². The predicted molar refractivity (Wildman–Crippen MR) is 32.1 cm³/mol. The van der Waals surface area contributed by atoms with Crippen LogP contribution in [-0.2, 0) is 0 Å². The molecule has 0 atom stereocenters. The number of halogens is 1. The maximum atomic E-state index is 10.2. The van der Waals surface area contributed by atoms with Gasteiger partial charge in [0.2, 0.25) is 0 Å². The van der Waals surface area contributed by atoms with E-state index in [0.717, 1.165) is 0 Å². The molecule has 44 valence electrons. The molecule has 0 unspecified atom stereocenters. The highest BCUT2D eigenvalue weighted by molar-refractivity contribution is 5.85. The highest BCUT2D eigenvalue weighted by atomic mass is 35.5. The van der Waals surface area contributed by atoms with Crippen molar-refractivity contribution in [1.29, 1.82) is 0 Å². The summed E-state index contributed by atoms with van der Waals surface area (Å²) in [6, 6.07) is 2.99. The molecule has 1 aromatic rings. The first-order valence-corrected chi connectivity index (χ1v) is 1.89. The van der Waals surface area contributed by atoms with Crippen LogP contribution in [0.5, 0.6) is 0 Å². The number of aromatic nitrogens is 2. The molecule has 1 rings (SSSR count). The highest BCUT2D eigenvalue weighted by Crippen LogP contribution is 1.60. The minimum Gasteiger partial charge on any atom is -0.268 e. The Morgan fingerprint density at radius 2 is 2.38 bits per heavy atom. The van der Waals surface area contributed by atoms with E-state index in [-0.39, 0.29) is 18.0 Å². The van der Waals surface area contributed by atoms with Gasteiger partial charge in [0.25, 0.3) is 5.56 Å². The van der Waals surface area contributed by atoms with Gasteiger partial charge in [-0.05, 0) is 6.07 Å². The molecule has 0 bridgehead atoms. The Morgan fingerprint density at radius 1 is 1.62 bits per heavy atom. The molecule has 0 amide bonds. The molecule has 1 aromatic heterocycles. The zero-order valence-corrected chi connectivity index (χ0v) is 4.81. The Hall–Kier alpha value is -0.830. The van der Waals surface area contributed by atoms with Gasteiger partial charge in [-0.3, -0.25) is 4.79 Å². The van der Waals surface area contributed by atoms with Gasteiger partial charge in [0.15, 0.2) is 0 Å². The summed E-state index contributed by atoms with van der Waals surface area (Å²) < 4.78 is 0. The van der Waals surface area contributed by atoms with Gasteiger partial charge in [0.1, 0.15) is 0 Å². The Bertz CT molecular complexity index is 180. The number of nitrogens with one attached hydrogen (secondary N) is 1. The minimum absolute atomic E-state index is 0. The van der Waals surface area contributed by atoms with Crippen LogP contribution in [-0.4, -0.2) is 10.2 Å². The molecule has 0 saturated carbocycles. The maximum absolute atomic E-state index is 10.2. The summed E-state index contributed by atoms with van der Waals surface area (Å²) in [6.45, 7) is 0. The summed E-state index contributed by atoms with van der Waals surface area (Å²) in [5, 5.41) is 5.67. The second-order valence-electron chi connectivity index (χ2n) is 1.11. The molecule has 0 aliphatic rings. The third-order valence-electron chi connectivity index (χ3n) is 0.583. The van der Waals surface area contributed by atoms with E-state index >= 15 is 0 Å². The Morgan fingerprint density at radius 3 is 2.62 bits per heavy atom. The molecule has 0 aliphatic heterocycles. The molecule has 0 radical (unpaired) electrons. The van der Waals surface area contributed by atoms with Crippen LogP contribution in [0.3, 0.4) is 0 Å². The quantitative estimate of drug-likeness (QED) is 0.548. The van der Waals surface area contributed by atoms with Crippen LogP contribution in [0.4, 0.5) is 0 Å². The topological polar surface area (TPSA) is 45.8 Å². The summed E-state index contributed by atoms with van der Waals surface area (Å²) in [7, 11) is 0. The van der Waals surface area contributed by atoms with Crippen molar-refractivity contribution in [2.24, 2.45) is 0 Å². The number of aromatic amines is 1. The third kappa shape index (κ3) is 1.75. The van der Waals surface area contributed by atoms with Crippen molar-refractivity contribution in [2.45, 2.75) is 0 Å². The van der Waals surface area contributed by atoms with Crippen LogP contribution in [0.1, 0.15) is 0 Å². The van der Waals surface area contributed by atoms with Crippen LogP contribution >= 0.6 is 12.4 Å². The summed E-state index contributed by atoms with van der Waals surface area (Å²) in [5.74, 6) is 0. The SMILES string of the molecule is Cl.O=c1cccn[nH]1. The van der Waals surface area contributed by atoms with Crippen LogP contribution in [0, 0.1) is 0 Å². The molecular weight excluding hydrogens is 128 g/mol. The average molecular weight is 133 g/mol. The molecule has 4 heteroatoms. The van der Waals surface area contributed by atoms with Crippen LogP contribution in [0.15, 0.2) is 23.1 Å². The largest absolute Gasteiger partial charge is 0.268 e. The summed E-state index contributed by atoms with van der Waals surface area (Å²) in [5.41, 5.74) is -0.164. The van der Waals surface area contributed by atoms with Crippen molar-refractivity contribution in [3.8, 4) is 0 Å². The van der Waals surface area contributed by atoms with E-state index in [9.17, 15) is 4.79 Å². The number of rotatable bonds is 0. The molecular formula is C4H5ClN2O. The van der Waals surface area contributed by atoms with E-state index in [0.29, 0.717) is 0 Å². The van der Waals surface area contributed by atoms with Crippen LogP contribution < -0.4 is 5.56 Å². The molecule has 3 nitrogen and oxygen atoms in total. The third-order valence-corrected chi connectivity index (χ3v) is 0.583. The Balaban J connectivity index is 0.000000490. The van der Waals surface area contributed by atoms with Gasteiger partial charge in [-0.2, -0.15) is 5.10 Å². The lowest BCUT2D eigenvalue weighted by atomic mass is 10.6. The lowest BCUT2D eigenvalue weighted by molar-refractivity contribution is 0.988. The molecule has 0 spiro atoms. The first-order valence-electron chi connectivity index (χ1n) is 1.89. The maximum Gasteiger partial charge on any atom is 0.264 e. The molecule has 0 aromatic carbocycles. The van der Waals surface area contributed by atoms with Crippen molar-refractivity contribution in [3.05, 3.63) is 28.7 Å². The normalized spacial score (nSPS) is 7.50. The smallest absolute Gasteiger partial charge is 0.264 e. The van der Waals surface area contributed by atoms with E-state index in [1.807, 2.05) is 0 Å². The van der Waals surface area contributed by atoms with Gasteiger partial charge in [0.05, 0.1) is 0 Å². The van der Waals surface area contributed by atoms with Gasteiger partial charge in [-0.1, -0.05) is 0 Å². The summed E-state index contributed by atoms with van der Waals surface area (Å²) in [6.07, 6.45) is 1.52. The number of hydrogen-bond acceptors (Lipinski definition) is 2.